The highest BCUT2D eigenvalue weighted by Gasteiger charge is 2.00. The van der Waals surface area contributed by atoms with Gasteiger partial charge in [0, 0.05) is 26.1 Å². The van der Waals surface area contributed by atoms with Crippen molar-refractivity contribution in [1.29, 1.82) is 0 Å². The molecule has 0 aliphatic rings. The van der Waals surface area contributed by atoms with Crippen LogP contribution in [0.5, 0.6) is 0 Å². The van der Waals surface area contributed by atoms with Crippen molar-refractivity contribution >= 4 is 5.78 Å². The summed E-state index contributed by atoms with van der Waals surface area (Å²) in [7, 11) is 0. The van der Waals surface area contributed by atoms with E-state index in [1.165, 1.54) is 0 Å². The van der Waals surface area contributed by atoms with Gasteiger partial charge >= 0.3 is 0 Å². The molecule has 0 saturated carbocycles. The molecule has 0 aliphatic carbocycles. The number of ether oxygens (including phenoxy) is 1. The van der Waals surface area contributed by atoms with E-state index in [4.69, 9.17) is 9.84 Å². The molecule has 0 spiro atoms. The van der Waals surface area contributed by atoms with Gasteiger partial charge in [0.2, 0.25) is 0 Å². The summed E-state index contributed by atoms with van der Waals surface area (Å²) < 4.78 is 5.26. The Morgan fingerprint density at radius 2 is 2.08 bits per heavy atom. The fourth-order valence-corrected chi connectivity index (χ4v) is 0.838. The molecule has 0 aromatic carbocycles. The SMILES string of the molecule is CC(C)OCCCC(=O)CCO. The average molecular weight is 174 g/mol. The molecule has 0 fully saturated rings. The molecule has 0 rings (SSSR count). The van der Waals surface area contributed by atoms with Crippen LogP contribution in [0, 0.1) is 0 Å². The fraction of sp³-hybridized carbons (Fsp3) is 0.889. The third-order valence-electron chi connectivity index (χ3n) is 1.44. The van der Waals surface area contributed by atoms with Gasteiger partial charge < -0.3 is 9.84 Å². The van der Waals surface area contributed by atoms with E-state index in [2.05, 4.69) is 0 Å². The van der Waals surface area contributed by atoms with Crippen molar-refractivity contribution in [3.8, 4) is 0 Å². The fourth-order valence-electron chi connectivity index (χ4n) is 0.838. The Hall–Kier alpha value is -0.410. The number of aliphatic hydroxyl groups is 1. The first kappa shape index (κ1) is 11.6. The van der Waals surface area contributed by atoms with Gasteiger partial charge in [-0.1, -0.05) is 0 Å². The first-order chi connectivity index (χ1) is 5.66. The third-order valence-corrected chi connectivity index (χ3v) is 1.44. The van der Waals surface area contributed by atoms with Crippen molar-refractivity contribution in [3.05, 3.63) is 0 Å². The number of Topliss-reactive ketones (excluding diaryl/α,β-unsaturated/α-hetero) is 1. The lowest BCUT2D eigenvalue weighted by molar-refractivity contribution is -0.120. The van der Waals surface area contributed by atoms with Gasteiger partial charge in [-0.05, 0) is 20.3 Å². The zero-order chi connectivity index (χ0) is 9.40. The number of hydrogen-bond donors (Lipinski definition) is 1. The Balaban J connectivity index is 3.14. The van der Waals surface area contributed by atoms with Gasteiger partial charge in [0.1, 0.15) is 5.78 Å². The average Bonchev–Trinajstić information content (AvgIpc) is 1.98. The maximum atomic E-state index is 10.9. The van der Waals surface area contributed by atoms with E-state index < -0.39 is 0 Å². The van der Waals surface area contributed by atoms with Crippen molar-refractivity contribution in [2.75, 3.05) is 13.2 Å². The third kappa shape index (κ3) is 7.69. The van der Waals surface area contributed by atoms with Crippen LogP contribution >= 0.6 is 0 Å². The van der Waals surface area contributed by atoms with Crippen LogP contribution in [-0.4, -0.2) is 30.2 Å². The highest BCUT2D eigenvalue weighted by Crippen LogP contribution is 1.97. The number of carbonyl (C=O) groups excluding carboxylic acids is 1. The minimum Gasteiger partial charge on any atom is -0.396 e. The van der Waals surface area contributed by atoms with Crippen molar-refractivity contribution in [2.24, 2.45) is 0 Å². The van der Waals surface area contributed by atoms with Gasteiger partial charge in [0.25, 0.3) is 0 Å². The van der Waals surface area contributed by atoms with Crippen LogP contribution in [0.4, 0.5) is 0 Å². The summed E-state index contributed by atoms with van der Waals surface area (Å²) in [5, 5.41) is 8.43. The molecule has 3 nitrogen and oxygen atoms in total. The monoisotopic (exact) mass is 174 g/mol. The van der Waals surface area contributed by atoms with E-state index in [1.54, 1.807) is 0 Å². The number of hydrogen-bond acceptors (Lipinski definition) is 3. The van der Waals surface area contributed by atoms with Crippen LogP contribution < -0.4 is 0 Å². The largest absolute Gasteiger partial charge is 0.396 e. The molecule has 0 aliphatic heterocycles. The van der Waals surface area contributed by atoms with Gasteiger partial charge in [0.05, 0.1) is 6.10 Å². The van der Waals surface area contributed by atoms with E-state index in [0.29, 0.717) is 13.0 Å². The summed E-state index contributed by atoms with van der Waals surface area (Å²) in [5.74, 6) is 0.116. The molecule has 0 radical (unpaired) electrons. The minimum absolute atomic E-state index is 0.0378. The van der Waals surface area contributed by atoms with E-state index in [-0.39, 0.29) is 24.9 Å². The minimum atomic E-state index is -0.0378. The maximum Gasteiger partial charge on any atom is 0.135 e. The topological polar surface area (TPSA) is 46.5 Å². The summed E-state index contributed by atoms with van der Waals surface area (Å²) >= 11 is 0. The highest BCUT2D eigenvalue weighted by molar-refractivity contribution is 5.78. The van der Waals surface area contributed by atoms with Crippen molar-refractivity contribution in [2.45, 2.75) is 39.2 Å². The molecular formula is C9H18O3. The summed E-state index contributed by atoms with van der Waals surface area (Å²) in [6.45, 7) is 4.53. The van der Waals surface area contributed by atoms with Gasteiger partial charge in [-0.25, -0.2) is 0 Å². The first-order valence-corrected chi connectivity index (χ1v) is 4.41. The van der Waals surface area contributed by atoms with Crippen molar-refractivity contribution in [3.63, 3.8) is 0 Å². The second kappa shape index (κ2) is 7.25. The molecule has 0 aromatic heterocycles. The molecule has 12 heavy (non-hydrogen) atoms. The van der Waals surface area contributed by atoms with E-state index >= 15 is 0 Å². The van der Waals surface area contributed by atoms with Crippen LogP contribution in [0.1, 0.15) is 33.1 Å². The van der Waals surface area contributed by atoms with E-state index in [0.717, 1.165) is 6.42 Å². The predicted molar refractivity (Wildman–Crippen MR) is 47.0 cm³/mol. The molecule has 3 heteroatoms. The molecule has 72 valence electrons. The van der Waals surface area contributed by atoms with Crippen LogP contribution in [0.3, 0.4) is 0 Å². The molecular weight excluding hydrogens is 156 g/mol. The Morgan fingerprint density at radius 1 is 1.42 bits per heavy atom. The van der Waals surface area contributed by atoms with Crippen LogP contribution in [-0.2, 0) is 9.53 Å². The summed E-state index contributed by atoms with van der Waals surface area (Å²) in [5.41, 5.74) is 0. The lowest BCUT2D eigenvalue weighted by Gasteiger charge is -2.05. The summed E-state index contributed by atoms with van der Waals surface area (Å²) in [6.07, 6.45) is 1.80. The second-order valence-corrected chi connectivity index (χ2v) is 3.04. The van der Waals surface area contributed by atoms with Crippen molar-refractivity contribution in [1.82, 2.24) is 0 Å². The molecule has 0 unspecified atom stereocenters. The Bertz CT molecular complexity index is 121. The lowest BCUT2D eigenvalue weighted by atomic mass is 10.2. The van der Waals surface area contributed by atoms with E-state index in [9.17, 15) is 4.79 Å². The van der Waals surface area contributed by atoms with Gasteiger partial charge in [0.15, 0.2) is 0 Å². The number of rotatable bonds is 7. The van der Waals surface area contributed by atoms with E-state index in [1.807, 2.05) is 13.8 Å². The Kier molecular flexibility index (Phi) is 7.00. The van der Waals surface area contributed by atoms with Crippen molar-refractivity contribution < 1.29 is 14.6 Å². The number of ketones is 1. The number of carbonyl (C=O) groups is 1. The standard InChI is InChI=1S/C9H18O3/c1-8(2)12-7-3-4-9(11)5-6-10/h8,10H,3-7H2,1-2H3. The predicted octanol–water partition coefficient (Wildman–Crippen LogP) is 1.14. The highest BCUT2D eigenvalue weighted by atomic mass is 16.5. The van der Waals surface area contributed by atoms with Crippen LogP contribution in [0.15, 0.2) is 0 Å². The smallest absolute Gasteiger partial charge is 0.135 e. The van der Waals surface area contributed by atoms with Gasteiger partial charge in [-0.15, -0.1) is 0 Å². The normalized spacial score (nSPS) is 10.7. The molecule has 0 bridgehead atoms. The zero-order valence-electron chi connectivity index (χ0n) is 7.88. The summed E-state index contributed by atoms with van der Waals surface area (Å²) in [6, 6.07) is 0. The Labute approximate surface area is 73.7 Å². The summed E-state index contributed by atoms with van der Waals surface area (Å²) in [4.78, 5) is 10.9. The molecule has 0 atom stereocenters. The van der Waals surface area contributed by atoms with Crippen LogP contribution in [0.2, 0.25) is 0 Å². The molecule has 0 amide bonds. The second-order valence-electron chi connectivity index (χ2n) is 3.04. The number of aliphatic hydroxyl groups excluding tert-OH is 1. The van der Waals surface area contributed by atoms with Crippen LogP contribution in [0.25, 0.3) is 0 Å². The quantitative estimate of drug-likeness (QED) is 0.589. The van der Waals surface area contributed by atoms with Gasteiger partial charge in [-0.3, -0.25) is 4.79 Å². The maximum absolute atomic E-state index is 10.9. The molecule has 1 N–H and O–H groups in total. The lowest BCUT2D eigenvalue weighted by Crippen LogP contribution is -2.07. The molecule has 0 saturated heterocycles. The molecule has 0 aromatic rings. The molecule has 0 heterocycles. The van der Waals surface area contributed by atoms with Gasteiger partial charge in [-0.2, -0.15) is 0 Å². The zero-order valence-corrected chi connectivity index (χ0v) is 7.88. The first-order valence-electron chi connectivity index (χ1n) is 4.41. The Morgan fingerprint density at radius 3 is 2.58 bits per heavy atom.